The minimum absolute atomic E-state index is 0.155. The summed E-state index contributed by atoms with van der Waals surface area (Å²) in [5.41, 5.74) is 5.26. The van der Waals surface area contributed by atoms with Crippen LogP contribution >= 0.6 is 0 Å². The quantitative estimate of drug-likeness (QED) is 0.420. The lowest BCUT2D eigenvalue weighted by Gasteiger charge is -1.99. The van der Waals surface area contributed by atoms with E-state index in [2.05, 4.69) is 20.7 Å². The number of fused-ring (bicyclic) bond motifs is 1. The molecule has 0 fully saturated rings. The number of nitrogens with zero attached hydrogens (tertiary/aromatic N) is 2. The minimum atomic E-state index is -0.449. The van der Waals surface area contributed by atoms with Crippen LogP contribution in [0.4, 0.5) is 0 Å². The fourth-order valence-corrected chi connectivity index (χ4v) is 2.70. The number of H-pyrrole nitrogens is 1. The van der Waals surface area contributed by atoms with Crippen molar-refractivity contribution in [1.82, 2.24) is 15.6 Å². The number of aromatic nitrogens is 2. The van der Waals surface area contributed by atoms with Crippen LogP contribution in [0.5, 0.6) is 5.75 Å². The number of aromatic amines is 1. The fraction of sp³-hybridized carbons (Fsp3) is 0.0500. The van der Waals surface area contributed by atoms with E-state index in [4.69, 9.17) is 9.26 Å². The summed E-state index contributed by atoms with van der Waals surface area (Å²) in [5, 5.41) is 8.78. The Balaban J connectivity index is 1.46. The van der Waals surface area contributed by atoms with Gasteiger partial charge in [-0.3, -0.25) is 4.79 Å². The fourth-order valence-electron chi connectivity index (χ4n) is 2.70. The van der Waals surface area contributed by atoms with Crippen molar-refractivity contribution in [2.75, 3.05) is 7.11 Å². The van der Waals surface area contributed by atoms with Gasteiger partial charge in [-0.05, 0) is 35.9 Å². The van der Waals surface area contributed by atoms with Crippen LogP contribution in [0.25, 0.3) is 22.2 Å². The maximum absolute atomic E-state index is 12.2. The lowest BCUT2D eigenvalue weighted by Crippen LogP contribution is -2.17. The summed E-state index contributed by atoms with van der Waals surface area (Å²) in [4.78, 5) is 15.4. The Bertz CT molecular complexity index is 1110. The predicted molar refractivity (Wildman–Crippen MR) is 102 cm³/mol. The highest BCUT2D eigenvalue weighted by Crippen LogP contribution is 2.28. The van der Waals surface area contributed by atoms with E-state index in [1.807, 2.05) is 54.7 Å². The molecule has 0 unspecified atom stereocenters. The van der Waals surface area contributed by atoms with E-state index in [9.17, 15) is 4.79 Å². The Kier molecular flexibility index (Phi) is 4.40. The van der Waals surface area contributed by atoms with E-state index >= 15 is 0 Å². The molecule has 134 valence electrons. The van der Waals surface area contributed by atoms with E-state index in [-0.39, 0.29) is 5.69 Å². The van der Waals surface area contributed by atoms with Crippen molar-refractivity contribution < 1.29 is 14.1 Å². The molecule has 0 atom stereocenters. The lowest BCUT2D eigenvalue weighted by atomic mass is 10.1. The molecule has 4 rings (SSSR count). The third-order valence-electron chi connectivity index (χ3n) is 4.09. The molecule has 0 spiro atoms. The van der Waals surface area contributed by atoms with Crippen molar-refractivity contribution >= 4 is 23.0 Å². The van der Waals surface area contributed by atoms with E-state index in [1.54, 1.807) is 13.2 Å². The Hall–Kier alpha value is -3.87. The maximum Gasteiger partial charge on any atom is 0.293 e. The third kappa shape index (κ3) is 3.43. The van der Waals surface area contributed by atoms with Crippen LogP contribution in [0, 0.1) is 0 Å². The van der Waals surface area contributed by atoms with Crippen molar-refractivity contribution in [3.63, 3.8) is 0 Å². The summed E-state index contributed by atoms with van der Waals surface area (Å²) in [5.74, 6) is 0.815. The highest BCUT2D eigenvalue weighted by atomic mass is 16.5. The van der Waals surface area contributed by atoms with Crippen molar-refractivity contribution in [3.8, 4) is 17.1 Å². The van der Waals surface area contributed by atoms with Gasteiger partial charge in [0.15, 0.2) is 11.5 Å². The number of para-hydroxylation sites is 1. The normalized spacial score (nSPS) is 11.1. The van der Waals surface area contributed by atoms with Crippen molar-refractivity contribution in [1.29, 1.82) is 0 Å². The number of amides is 1. The largest absolute Gasteiger partial charge is 0.497 e. The standard InChI is InChI=1S/C20H16N4O3/c1-26-14-8-6-13(7-9-14)11-22-23-20(25)18-10-19(27-24-18)16-12-21-17-5-3-2-4-15(16)17/h2-12,21H,1H3,(H,23,25)/b22-11-. The van der Waals surface area contributed by atoms with Gasteiger partial charge in [0, 0.05) is 28.7 Å². The van der Waals surface area contributed by atoms with Crippen LogP contribution in [0.1, 0.15) is 16.1 Å². The van der Waals surface area contributed by atoms with Gasteiger partial charge < -0.3 is 14.2 Å². The molecule has 0 aliphatic carbocycles. The van der Waals surface area contributed by atoms with Gasteiger partial charge in [0.2, 0.25) is 0 Å². The number of hydrazone groups is 1. The van der Waals surface area contributed by atoms with Crippen molar-refractivity contribution in [2.24, 2.45) is 5.10 Å². The molecular weight excluding hydrogens is 344 g/mol. The van der Waals surface area contributed by atoms with Gasteiger partial charge in [-0.15, -0.1) is 0 Å². The first-order chi connectivity index (χ1) is 13.2. The smallest absolute Gasteiger partial charge is 0.293 e. The van der Waals surface area contributed by atoms with Crippen LogP contribution < -0.4 is 10.2 Å². The molecule has 0 aliphatic rings. The molecule has 2 N–H and O–H groups in total. The highest BCUT2D eigenvalue weighted by molar-refractivity contribution is 5.97. The van der Waals surface area contributed by atoms with Gasteiger partial charge in [-0.1, -0.05) is 23.4 Å². The zero-order valence-corrected chi connectivity index (χ0v) is 14.5. The molecule has 27 heavy (non-hydrogen) atoms. The number of hydrogen-bond donors (Lipinski definition) is 2. The summed E-state index contributed by atoms with van der Waals surface area (Å²) < 4.78 is 10.4. The minimum Gasteiger partial charge on any atom is -0.497 e. The summed E-state index contributed by atoms with van der Waals surface area (Å²) >= 11 is 0. The van der Waals surface area contributed by atoms with Crippen LogP contribution in [-0.4, -0.2) is 29.4 Å². The van der Waals surface area contributed by atoms with E-state index in [0.717, 1.165) is 27.8 Å². The van der Waals surface area contributed by atoms with E-state index in [0.29, 0.717) is 5.76 Å². The Morgan fingerprint density at radius 3 is 2.85 bits per heavy atom. The third-order valence-corrected chi connectivity index (χ3v) is 4.09. The number of nitrogens with one attached hydrogen (secondary N) is 2. The summed E-state index contributed by atoms with van der Waals surface area (Å²) in [6.07, 6.45) is 3.37. The number of carbonyl (C=O) groups excluding carboxylic acids is 1. The molecule has 1 amide bonds. The number of rotatable bonds is 5. The van der Waals surface area contributed by atoms with Gasteiger partial charge in [0.25, 0.3) is 5.91 Å². The molecule has 0 radical (unpaired) electrons. The van der Waals surface area contributed by atoms with E-state index in [1.165, 1.54) is 6.21 Å². The molecule has 2 aromatic heterocycles. The van der Waals surface area contributed by atoms with Gasteiger partial charge in [0.1, 0.15) is 5.75 Å². The summed E-state index contributed by atoms with van der Waals surface area (Å²) in [6, 6.07) is 16.7. The van der Waals surface area contributed by atoms with Gasteiger partial charge in [0.05, 0.1) is 13.3 Å². The molecule has 7 heteroatoms. The van der Waals surface area contributed by atoms with E-state index < -0.39 is 5.91 Å². The average molecular weight is 360 g/mol. The number of carbonyl (C=O) groups is 1. The first-order valence-corrected chi connectivity index (χ1v) is 8.25. The first kappa shape index (κ1) is 16.6. The molecule has 0 saturated heterocycles. The second-order valence-corrected chi connectivity index (χ2v) is 5.80. The zero-order chi connectivity index (χ0) is 18.6. The number of hydrogen-bond acceptors (Lipinski definition) is 5. The number of benzene rings is 2. The number of methoxy groups -OCH3 is 1. The zero-order valence-electron chi connectivity index (χ0n) is 14.5. The summed E-state index contributed by atoms with van der Waals surface area (Å²) in [7, 11) is 1.60. The Morgan fingerprint density at radius 2 is 2.04 bits per heavy atom. The summed E-state index contributed by atoms with van der Waals surface area (Å²) in [6.45, 7) is 0. The van der Waals surface area contributed by atoms with Gasteiger partial charge >= 0.3 is 0 Å². The van der Waals surface area contributed by atoms with Crippen LogP contribution in [-0.2, 0) is 0 Å². The molecule has 7 nitrogen and oxygen atoms in total. The predicted octanol–water partition coefficient (Wildman–Crippen LogP) is 3.60. The highest BCUT2D eigenvalue weighted by Gasteiger charge is 2.15. The van der Waals surface area contributed by atoms with Crippen LogP contribution in [0.3, 0.4) is 0 Å². The molecule has 0 saturated carbocycles. The second kappa shape index (κ2) is 7.17. The molecule has 2 aromatic carbocycles. The molecule has 0 bridgehead atoms. The Morgan fingerprint density at radius 1 is 1.22 bits per heavy atom. The molecule has 0 aliphatic heterocycles. The van der Waals surface area contributed by atoms with Crippen molar-refractivity contribution in [2.45, 2.75) is 0 Å². The SMILES string of the molecule is COc1ccc(/C=N\NC(=O)c2cc(-c3c[nH]c4ccccc34)on2)cc1. The first-order valence-electron chi connectivity index (χ1n) is 8.25. The average Bonchev–Trinajstić information content (AvgIpc) is 3.35. The topological polar surface area (TPSA) is 92.5 Å². The molecule has 2 heterocycles. The lowest BCUT2D eigenvalue weighted by molar-refractivity contribution is 0.0946. The van der Waals surface area contributed by atoms with Crippen LogP contribution in [0.15, 0.2) is 70.4 Å². The van der Waals surface area contributed by atoms with Gasteiger partial charge in [-0.25, -0.2) is 5.43 Å². The maximum atomic E-state index is 12.2. The Labute approximate surface area is 154 Å². The van der Waals surface area contributed by atoms with Crippen LogP contribution in [0.2, 0.25) is 0 Å². The number of ether oxygens (including phenoxy) is 1. The second-order valence-electron chi connectivity index (χ2n) is 5.80. The monoisotopic (exact) mass is 360 g/mol. The van der Waals surface area contributed by atoms with Crippen molar-refractivity contribution in [3.05, 3.63) is 72.1 Å². The molecular formula is C20H16N4O3. The molecule has 4 aromatic rings. The van der Waals surface area contributed by atoms with Gasteiger partial charge in [-0.2, -0.15) is 5.10 Å².